The molecule has 0 radical (unpaired) electrons. The number of amides is 2. The molecule has 0 aliphatic carbocycles. The number of piperidine rings is 1. The molecule has 0 spiro atoms. The molecule has 2 amide bonds. The Balaban J connectivity index is 1.49. The maximum Gasteiger partial charge on any atom is 0.251 e. The third-order valence-corrected chi connectivity index (χ3v) is 4.29. The molecule has 132 valence electrons. The van der Waals surface area contributed by atoms with Crippen molar-refractivity contribution in [3.8, 4) is 0 Å². The third-order valence-electron chi connectivity index (χ3n) is 4.29. The lowest BCUT2D eigenvalue weighted by Crippen LogP contribution is -2.44. The SMILES string of the molecule is O=C(NCC(=O)N1CCC(n2ccnc2)CC1)c1cc(F)cc(F)c1. The van der Waals surface area contributed by atoms with E-state index in [4.69, 9.17) is 0 Å². The quantitative estimate of drug-likeness (QED) is 0.915. The maximum absolute atomic E-state index is 13.1. The average molecular weight is 348 g/mol. The summed E-state index contributed by atoms with van der Waals surface area (Å²) in [4.78, 5) is 29.8. The number of hydrogen-bond donors (Lipinski definition) is 1. The van der Waals surface area contributed by atoms with Gasteiger partial charge in [-0.05, 0) is 25.0 Å². The Morgan fingerprint density at radius 1 is 1.16 bits per heavy atom. The third kappa shape index (κ3) is 4.20. The normalized spacial score (nSPS) is 15.2. The van der Waals surface area contributed by atoms with Crippen LogP contribution in [0.4, 0.5) is 8.78 Å². The van der Waals surface area contributed by atoms with Gasteiger partial charge in [-0.3, -0.25) is 9.59 Å². The zero-order valence-electron chi connectivity index (χ0n) is 13.5. The van der Waals surface area contributed by atoms with Gasteiger partial charge in [0, 0.05) is 43.2 Å². The van der Waals surface area contributed by atoms with E-state index in [0.717, 1.165) is 25.0 Å². The Hall–Kier alpha value is -2.77. The first kappa shape index (κ1) is 17.1. The summed E-state index contributed by atoms with van der Waals surface area (Å²) < 4.78 is 28.3. The van der Waals surface area contributed by atoms with Gasteiger partial charge >= 0.3 is 0 Å². The molecular weight excluding hydrogens is 330 g/mol. The van der Waals surface area contributed by atoms with Crippen LogP contribution in [0.5, 0.6) is 0 Å². The summed E-state index contributed by atoms with van der Waals surface area (Å²) in [6.45, 7) is 0.977. The molecule has 1 aliphatic heterocycles. The van der Waals surface area contributed by atoms with Crippen molar-refractivity contribution in [1.29, 1.82) is 0 Å². The fourth-order valence-electron chi connectivity index (χ4n) is 2.95. The molecule has 0 atom stereocenters. The predicted octanol–water partition coefficient (Wildman–Crippen LogP) is 1.75. The highest BCUT2D eigenvalue weighted by Gasteiger charge is 2.23. The first-order chi connectivity index (χ1) is 12.0. The van der Waals surface area contributed by atoms with Crippen LogP contribution in [0.15, 0.2) is 36.9 Å². The lowest BCUT2D eigenvalue weighted by molar-refractivity contribution is -0.131. The second-order valence-corrected chi connectivity index (χ2v) is 5.96. The van der Waals surface area contributed by atoms with Gasteiger partial charge in [-0.25, -0.2) is 13.8 Å². The van der Waals surface area contributed by atoms with E-state index >= 15 is 0 Å². The Labute approximate surface area is 143 Å². The molecule has 1 aromatic carbocycles. The highest BCUT2D eigenvalue weighted by Crippen LogP contribution is 2.21. The lowest BCUT2D eigenvalue weighted by Gasteiger charge is -2.32. The topological polar surface area (TPSA) is 67.2 Å². The number of aromatic nitrogens is 2. The number of rotatable bonds is 4. The highest BCUT2D eigenvalue weighted by molar-refractivity contribution is 5.96. The molecule has 1 saturated heterocycles. The van der Waals surface area contributed by atoms with Crippen molar-refractivity contribution in [2.45, 2.75) is 18.9 Å². The van der Waals surface area contributed by atoms with Crippen molar-refractivity contribution in [3.63, 3.8) is 0 Å². The van der Waals surface area contributed by atoms with Gasteiger partial charge in [0.15, 0.2) is 0 Å². The van der Waals surface area contributed by atoms with E-state index in [9.17, 15) is 18.4 Å². The number of nitrogens with one attached hydrogen (secondary N) is 1. The van der Waals surface area contributed by atoms with E-state index in [1.54, 1.807) is 17.4 Å². The van der Waals surface area contributed by atoms with E-state index in [2.05, 4.69) is 10.3 Å². The molecule has 1 aromatic heterocycles. The molecular formula is C17H18F2N4O2. The lowest BCUT2D eigenvalue weighted by atomic mass is 10.0. The first-order valence-electron chi connectivity index (χ1n) is 8.02. The minimum absolute atomic E-state index is 0.149. The number of imidazole rings is 1. The Kier molecular flexibility index (Phi) is 5.06. The molecule has 0 bridgehead atoms. The van der Waals surface area contributed by atoms with E-state index in [1.807, 2.05) is 10.8 Å². The summed E-state index contributed by atoms with van der Waals surface area (Å²) >= 11 is 0. The number of halogens is 2. The number of nitrogens with zero attached hydrogens (tertiary/aromatic N) is 3. The molecule has 1 N–H and O–H groups in total. The van der Waals surface area contributed by atoms with Gasteiger partial charge in [0.2, 0.25) is 5.91 Å². The molecule has 1 fully saturated rings. The summed E-state index contributed by atoms with van der Waals surface area (Å²) in [5.74, 6) is -2.56. The van der Waals surface area contributed by atoms with Crippen LogP contribution in [0.25, 0.3) is 0 Å². The van der Waals surface area contributed by atoms with Crippen LogP contribution in [0.1, 0.15) is 29.2 Å². The van der Waals surface area contributed by atoms with Crippen LogP contribution in [-0.4, -0.2) is 45.9 Å². The number of benzene rings is 1. The fourth-order valence-corrected chi connectivity index (χ4v) is 2.95. The van der Waals surface area contributed by atoms with E-state index in [0.29, 0.717) is 25.2 Å². The molecule has 8 heteroatoms. The molecule has 0 unspecified atom stereocenters. The number of hydrogen-bond acceptors (Lipinski definition) is 3. The Bertz CT molecular complexity index is 736. The number of carbonyl (C=O) groups is 2. The second-order valence-electron chi connectivity index (χ2n) is 5.96. The van der Waals surface area contributed by atoms with Crippen molar-refractivity contribution in [2.75, 3.05) is 19.6 Å². The summed E-state index contributed by atoms with van der Waals surface area (Å²) in [5.41, 5.74) is -0.149. The standard InChI is InChI=1S/C17H18F2N4O2/c18-13-7-12(8-14(19)9-13)17(25)21-10-16(24)22-4-1-15(2-5-22)23-6-3-20-11-23/h3,6-9,11,15H,1-2,4-5,10H2,(H,21,25). The summed E-state index contributed by atoms with van der Waals surface area (Å²) in [6.07, 6.45) is 7.01. The van der Waals surface area contributed by atoms with Gasteiger partial charge in [0.05, 0.1) is 12.9 Å². The minimum atomic E-state index is -0.835. The fraction of sp³-hybridized carbons (Fsp3) is 0.353. The monoisotopic (exact) mass is 348 g/mol. The van der Waals surface area contributed by atoms with Gasteiger partial charge in [-0.1, -0.05) is 0 Å². The van der Waals surface area contributed by atoms with Gasteiger partial charge in [0.1, 0.15) is 11.6 Å². The molecule has 2 heterocycles. The minimum Gasteiger partial charge on any atom is -0.343 e. The molecule has 2 aromatic rings. The van der Waals surface area contributed by atoms with E-state index < -0.39 is 17.5 Å². The summed E-state index contributed by atoms with van der Waals surface area (Å²) in [6, 6.07) is 2.86. The smallest absolute Gasteiger partial charge is 0.251 e. The van der Waals surface area contributed by atoms with Crippen LogP contribution in [-0.2, 0) is 4.79 Å². The van der Waals surface area contributed by atoms with E-state index in [1.165, 1.54) is 0 Å². The summed E-state index contributed by atoms with van der Waals surface area (Å²) in [5, 5.41) is 2.41. The molecule has 0 saturated carbocycles. The zero-order valence-corrected chi connectivity index (χ0v) is 13.5. The molecule has 6 nitrogen and oxygen atoms in total. The number of likely N-dealkylation sites (tertiary alicyclic amines) is 1. The average Bonchev–Trinajstić information content (AvgIpc) is 3.13. The van der Waals surface area contributed by atoms with Crippen molar-refractivity contribution >= 4 is 11.8 Å². The summed E-state index contributed by atoms with van der Waals surface area (Å²) in [7, 11) is 0. The van der Waals surface area contributed by atoms with Crippen LogP contribution < -0.4 is 5.32 Å². The van der Waals surface area contributed by atoms with E-state index in [-0.39, 0.29) is 18.0 Å². The first-order valence-corrected chi connectivity index (χ1v) is 8.02. The van der Waals surface area contributed by atoms with Gasteiger partial charge < -0.3 is 14.8 Å². The van der Waals surface area contributed by atoms with Gasteiger partial charge in [-0.2, -0.15) is 0 Å². The van der Waals surface area contributed by atoms with Crippen LogP contribution >= 0.6 is 0 Å². The van der Waals surface area contributed by atoms with Gasteiger partial charge in [0.25, 0.3) is 5.91 Å². The van der Waals surface area contributed by atoms with Gasteiger partial charge in [-0.15, -0.1) is 0 Å². The predicted molar refractivity (Wildman–Crippen MR) is 85.8 cm³/mol. The van der Waals surface area contributed by atoms with Crippen molar-refractivity contribution < 1.29 is 18.4 Å². The maximum atomic E-state index is 13.1. The zero-order chi connectivity index (χ0) is 17.8. The molecule has 3 rings (SSSR count). The molecule has 25 heavy (non-hydrogen) atoms. The van der Waals surface area contributed by atoms with Crippen molar-refractivity contribution in [2.24, 2.45) is 0 Å². The van der Waals surface area contributed by atoms with Crippen LogP contribution in [0, 0.1) is 11.6 Å². The Morgan fingerprint density at radius 2 is 1.84 bits per heavy atom. The van der Waals surface area contributed by atoms with Crippen LogP contribution in [0.2, 0.25) is 0 Å². The van der Waals surface area contributed by atoms with Crippen LogP contribution in [0.3, 0.4) is 0 Å². The van der Waals surface area contributed by atoms with Crippen molar-refractivity contribution in [1.82, 2.24) is 19.8 Å². The molecule has 1 aliphatic rings. The highest BCUT2D eigenvalue weighted by atomic mass is 19.1. The number of carbonyl (C=O) groups excluding carboxylic acids is 2. The van der Waals surface area contributed by atoms with Crippen molar-refractivity contribution in [3.05, 3.63) is 54.1 Å². The second kappa shape index (κ2) is 7.42. The largest absolute Gasteiger partial charge is 0.343 e. The Morgan fingerprint density at radius 3 is 2.44 bits per heavy atom.